The predicted molar refractivity (Wildman–Crippen MR) is 52.2 cm³/mol. The molecule has 0 aliphatic carbocycles. The van der Waals surface area contributed by atoms with Crippen molar-refractivity contribution < 1.29 is 9.50 Å². The van der Waals surface area contributed by atoms with Crippen molar-refractivity contribution in [3.8, 4) is 0 Å². The molecule has 0 spiro atoms. The molecular weight excluding hydrogens is 187 g/mol. The van der Waals surface area contributed by atoms with Crippen molar-refractivity contribution in [3.05, 3.63) is 35.6 Å². The van der Waals surface area contributed by atoms with Crippen molar-refractivity contribution in [1.29, 1.82) is 0 Å². The zero-order chi connectivity index (χ0) is 9.31. The van der Waals surface area contributed by atoms with Gasteiger partial charge in [-0.15, -0.1) is 0 Å². The van der Waals surface area contributed by atoms with E-state index in [1.54, 1.807) is 30.0 Å². The van der Waals surface area contributed by atoms with E-state index in [4.69, 9.17) is 0 Å². The Morgan fingerprint density at radius 1 is 1.38 bits per heavy atom. The van der Waals surface area contributed by atoms with Gasteiger partial charge in [0.25, 0.3) is 0 Å². The molecule has 1 saturated heterocycles. The van der Waals surface area contributed by atoms with Crippen LogP contribution in [0.2, 0.25) is 0 Å². The fourth-order valence-electron chi connectivity index (χ4n) is 1.61. The maximum atomic E-state index is 13.3. The lowest BCUT2D eigenvalue weighted by molar-refractivity contribution is 0.0619. The van der Waals surface area contributed by atoms with Crippen LogP contribution in [0.25, 0.3) is 0 Å². The lowest BCUT2D eigenvalue weighted by Crippen LogP contribution is -2.26. The van der Waals surface area contributed by atoms with Crippen LogP contribution in [-0.4, -0.2) is 16.6 Å². The number of hydrogen-bond donors (Lipinski definition) is 1. The molecule has 2 rings (SSSR count). The van der Waals surface area contributed by atoms with Gasteiger partial charge in [-0.2, -0.15) is 11.8 Å². The summed E-state index contributed by atoms with van der Waals surface area (Å²) in [6, 6.07) is 6.47. The highest BCUT2D eigenvalue weighted by Crippen LogP contribution is 2.37. The summed E-state index contributed by atoms with van der Waals surface area (Å²) in [5.74, 6) is 1.21. The minimum atomic E-state index is -0.935. The highest BCUT2D eigenvalue weighted by atomic mass is 32.2. The highest BCUT2D eigenvalue weighted by molar-refractivity contribution is 7.99. The second-order valence-corrected chi connectivity index (χ2v) is 4.42. The lowest BCUT2D eigenvalue weighted by Gasteiger charge is -2.21. The molecule has 0 unspecified atom stereocenters. The number of thioether (sulfide) groups is 1. The van der Waals surface area contributed by atoms with Crippen molar-refractivity contribution >= 4 is 11.8 Å². The molecule has 1 aromatic carbocycles. The number of halogens is 1. The first-order chi connectivity index (χ1) is 6.22. The fraction of sp³-hybridized carbons (Fsp3) is 0.400. The van der Waals surface area contributed by atoms with Crippen molar-refractivity contribution in [3.63, 3.8) is 0 Å². The maximum Gasteiger partial charge on any atom is 0.129 e. The molecule has 1 nitrogen and oxygen atoms in total. The van der Waals surface area contributed by atoms with Gasteiger partial charge in [0.2, 0.25) is 0 Å². The van der Waals surface area contributed by atoms with E-state index in [-0.39, 0.29) is 5.82 Å². The van der Waals surface area contributed by atoms with Gasteiger partial charge < -0.3 is 5.11 Å². The third-order valence-electron chi connectivity index (χ3n) is 2.38. The molecule has 70 valence electrons. The molecular formula is C10H11FOS. The van der Waals surface area contributed by atoms with Crippen LogP contribution in [0.5, 0.6) is 0 Å². The quantitative estimate of drug-likeness (QED) is 0.746. The van der Waals surface area contributed by atoms with Crippen LogP contribution >= 0.6 is 11.8 Å². The van der Waals surface area contributed by atoms with Gasteiger partial charge in [-0.05, 0) is 18.2 Å². The van der Waals surface area contributed by atoms with Crippen LogP contribution in [-0.2, 0) is 5.60 Å². The second kappa shape index (κ2) is 3.31. The third-order valence-corrected chi connectivity index (χ3v) is 3.55. The third kappa shape index (κ3) is 1.58. The van der Waals surface area contributed by atoms with Crippen molar-refractivity contribution in [1.82, 2.24) is 0 Å². The van der Waals surface area contributed by atoms with E-state index in [0.717, 1.165) is 5.75 Å². The topological polar surface area (TPSA) is 20.2 Å². The largest absolute Gasteiger partial charge is 0.384 e. The monoisotopic (exact) mass is 198 g/mol. The number of rotatable bonds is 1. The van der Waals surface area contributed by atoms with E-state index in [2.05, 4.69) is 0 Å². The Labute approximate surface area is 81.0 Å². The summed E-state index contributed by atoms with van der Waals surface area (Å²) in [4.78, 5) is 0. The van der Waals surface area contributed by atoms with Gasteiger partial charge in [0.15, 0.2) is 0 Å². The minimum Gasteiger partial charge on any atom is -0.384 e. The van der Waals surface area contributed by atoms with Gasteiger partial charge in [0.1, 0.15) is 11.4 Å². The van der Waals surface area contributed by atoms with E-state index >= 15 is 0 Å². The van der Waals surface area contributed by atoms with Crippen LogP contribution in [0.15, 0.2) is 24.3 Å². The Bertz CT molecular complexity index is 308. The summed E-state index contributed by atoms with van der Waals surface area (Å²) in [5.41, 5.74) is -0.490. The molecule has 1 aliphatic heterocycles. The first-order valence-corrected chi connectivity index (χ1v) is 5.43. The average molecular weight is 198 g/mol. The first kappa shape index (κ1) is 9.03. The van der Waals surface area contributed by atoms with E-state index < -0.39 is 5.60 Å². The van der Waals surface area contributed by atoms with Gasteiger partial charge in [-0.25, -0.2) is 4.39 Å². The predicted octanol–water partition coefficient (Wildman–Crippen LogP) is 2.15. The Kier molecular flexibility index (Phi) is 2.30. The Hall–Kier alpha value is -0.540. The summed E-state index contributed by atoms with van der Waals surface area (Å²) in [5, 5.41) is 10.1. The molecule has 0 radical (unpaired) electrons. The van der Waals surface area contributed by atoms with Crippen LogP contribution in [0.3, 0.4) is 0 Å². The molecule has 1 aliphatic rings. The molecule has 0 saturated carbocycles. The first-order valence-electron chi connectivity index (χ1n) is 4.27. The lowest BCUT2D eigenvalue weighted by atomic mass is 9.93. The van der Waals surface area contributed by atoms with Crippen LogP contribution in [0, 0.1) is 5.82 Å². The molecule has 1 aromatic rings. The summed E-state index contributed by atoms with van der Waals surface area (Å²) >= 11 is 1.67. The summed E-state index contributed by atoms with van der Waals surface area (Å²) < 4.78 is 13.3. The Morgan fingerprint density at radius 3 is 2.77 bits per heavy atom. The molecule has 3 heteroatoms. The molecule has 0 bridgehead atoms. The summed E-state index contributed by atoms with van der Waals surface area (Å²) in [7, 11) is 0. The summed E-state index contributed by atoms with van der Waals surface area (Å²) in [6.07, 6.45) is 0.651. The van der Waals surface area contributed by atoms with E-state index in [1.165, 1.54) is 6.07 Å². The molecule has 13 heavy (non-hydrogen) atoms. The van der Waals surface area contributed by atoms with Gasteiger partial charge in [0, 0.05) is 11.3 Å². The SMILES string of the molecule is O[C@@]1(c2ccccc2F)CCSC1. The standard InChI is InChI=1S/C10H11FOS/c11-9-4-2-1-3-8(9)10(12)5-6-13-7-10/h1-4,12H,5-7H2/t10-/m0/s1. The second-order valence-electron chi connectivity index (χ2n) is 3.31. The van der Waals surface area contributed by atoms with Gasteiger partial charge in [0.05, 0.1) is 0 Å². The maximum absolute atomic E-state index is 13.3. The minimum absolute atomic E-state index is 0.299. The van der Waals surface area contributed by atoms with Crippen molar-refractivity contribution in [2.24, 2.45) is 0 Å². The van der Waals surface area contributed by atoms with Crippen molar-refractivity contribution in [2.75, 3.05) is 11.5 Å². The van der Waals surface area contributed by atoms with Gasteiger partial charge >= 0.3 is 0 Å². The zero-order valence-electron chi connectivity index (χ0n) is 7.16. The highest BCUT2D eigenvalue weighted by Gasteiger charge is 2.35. The summed E-state index contributed by atoms with van der Waals surface area (Å²) in [6.45, 7) is 0. The molecule has 1 N–H and O–H groups in total. The van der Waals surface area contributed by atoms with E-state index in [0.29, 0.717) is 17.7 Å². The Balaban J connectivity index is 2.39. The Morgan fingerprint density at radius 2 is 2.15 bits per heavy atom. The fourth-order valence-corrected chi connectivity index (χ4v) is 2.87. The normalized spacial score (nSPS) is 27.8. The van der Waals surface area contributed by atoms with Gasteiger partial charge in [-0.3, -0.25) is 0 Å². The molecule has 1 fully saturated rings. The van der Waals surface area contributed by atoms with Crippen LogP contribution in [0.1, 0.15) is 12.0 Å². The van der Waals surface area contributed by atoms with Crippen LogP contribution < -0.4 is 0 Å². The molecule has 1 heterocycles. The molecule has 0 aromatic heterocycles. The van der Waals surface area contributed by atoms with Crippen molar-refractivity contribution in [2.45, 2.75) is 12.0 Å². The van der Waals surface area contributed by atoms with E-state index in [1.807, 2.05) is 0 Å². The molecule has 0 amide bonds. The van der Waals surface area contributed by atoms with E-state index in [9.17, 15) is 9.50 Å². The smallest absolute Gasteiger partial charge is 0.129 e. The molecule has 1 atom stereocenters. The number of benzene rings is 1. The average Bonchev–Trinajstić information content (AvgIpc) is 2.54. The zero-order valence-corrected chi connectivity index (χ0v) is 7.98. The van der Waals surface area contributed by atoms with Gasteiger partial charge in [-0.1, -0.05) is 18.2 Å². The number of aliphatic hydroxyl groups is 1. The van der Waals surface area contributed by atoms with Crippen LogP contribution in [0.4, 0.5) is 4.39 Å². The number of hydrogen-bond acceptors (Lipinski definition) is 2.